The zero-order valence-corrected chi connectivity index (χ0v) is 10.6. The molecular weight excluding hydrogens is 228 g/mol. The smallest absolute Gasteiger partial charge is 0.229 e. The fourth-order valence-electron chi connectivity index (χ4n) is 3.28. The van der Waals surface area contributed by atoms with Gasteiger partial charge < -0.3 is 9.84 Å². The first-order valence-corrected chi connectivity index (χ1v) is 7.14. The van der Waals surface area contributed by atoms with Gasteiger partial charge in [0.05, 0.1) is 6.54 Å². The van der Waals surface area contributed by atoms with Crippen molar-refractivity contribution in [3.05, 3.63) is 11.7 Å². The zero-order valence-electron chi connectivity index (χ0n) is 10.6. The Morgan fingerprint density at radius 2 is 2.11 bits per heavy atom. The first-order chi connectivity index (χ1) is 8.88. The highest BCUT2D eigenvalue weighted by Gasteiger charge is 2.34. The van der Waals surface area contributed by atoms with Gasteiger partial charge in [-0.3, -0.25) is 4.90 Å². The van der Waals surface area contributed by atoms with E-state index in [1.165, 1.54) is 45.4 Å². The van der Waals surface area contributed by atoms with Crippen LogP contribution < -0.4 is 5.32 Å². The molecule has 2 aliphatic heterocycles. The Balaban J connectivity index is 1.38. The Morgan fingerprint density at radius 3 is 3.00 bits per heavy atom. The van der Waals surface area contributed by atoms with Crippen LogP contribution in [0.3, 0.4) is 0 Å². The van der Waals surface area contributed by atoms with Gasteiger partial charge >= 0.3 is 0 Å². The molecule has 1 aliphatic carbocycles. The van der Waals surface area contributed by atoms with Crippen LogP contribution in [0.4, 0.5) is 0 Å². The normalized spacial score (nSPS) is 32.7. The molecule has 0 amide bonds. The van der Waals surface area contributed by atoms with Crippen molar-refractivity contribution < 1.29 is 4.52 Å². The second-order valence-electron chi connectivity index (χ2n) is 6.03. The number of aromatic nitrogens is 2. The first-order valence-electron chi connectivity index (χ1n) is 7.14. The van der Waals surface area contributed by atoms with E-state index in [1.54, 1.807) is 0 Å². The number of hydrogen-bond donors (Lipinski definition) is 1. The summed E-state index contributed by atoms with van der Waals surface area (Å²) >= 11 is 0. The van der Waals surface area contributed by atoms with E-state index in [0.717, 1.165) is 30.1 Å². The molecule has 1 aromatic heterocycles. The molecule has 2 saturated heterocycles. The van der Waals surface area contributed by atoms with Crippen LogP contribution in [-0.4, -0.2) is 41.2 Å². The average molecular weight is 248 g/mol. The SMILES string of the molecule is C1CC1c1nc(CN2CCC3CNCC3C2)no1. The van der Waals surface area contributed by atoms with E-state index in [2.05, 4.69) is 20.4 Å². The molecule has 1 N–H and O–H groups in total. The van der Waals surface area contributed by atoms with Gasteiger partial charge in [0.1, 0.15) is 0 Å². The van der Waals surface area contributed by atoms with Crippen LogP contribution in [0, 0.1) is 11.8 Å². The molecule has 5 nitrogen and oxygen atoms in total. The maximum atomic E-state index is 5.32. The van der Waals surface area contributed by atoms with E-state index in [4.69, 9.17) is 4.52 Å². The van der Waals surface area contributed by atoms with Crippen molar-refractivity contribution in [3.63, 3.8) is 0 Å². The third-order valence-electron chi connectivity index (χ3n) is 4.56. The molecule has 4 rings (SSSR count). The van der Waals surface area contributed by atoms with Crippen LogP contribution in [0.2, 0.25) is 0 Å². The van der Waals surface area contributed by atoms with E-state index < -0.39 is 0 Å². The number of nitrogens with one attached hydrogen (secondary N) is 1. The molecular formula is C13H20N4O. The number of nitrogens with zero attached hydrogens (tertiary/aromatic N) is 3. The summed E-state index contributed by atoms with van der Waals surface area (Å²) in [6.07, 6.45) is 3.76. The quantitative estimate of drug-likeness (QED) is 0.864. The third kappa shape index (κ3) is 2.06. The van der Waals surface area contributed by atoms with Gasteiger partial charge in [0.15, 0.2) is 5.82 Å². The molecule has 3 heterocycles. The van der Waals surface area contributed by atoms with Crippen LogP contribution in [0.1, 0.15) is 36.9 Å². The molecule has 98 valence electrons. The van der Waals surface area contributed by atoms with Crippen molar-refractivity contribution in [3.8, 4) is 0 Å². The number of fused-ring (bicyclic) bond motifs is 1. The van der Waals surface area contributed by atoms with Crippen LogP contribution in [-0.2, 0) is 6.54 Å². The van der Waals surface area contributed by atoms with Crippen molar-refractivity contribution in [2.24, 2.45) is 11.8 Å². The lowest BCUT2D eigenvalue weighted by atomic mass is 9.89. The number of likely N-dealkylation sites (tertiary alicyclic amines) is 1. The minimum atomic E-state index is 0.566. The summed E-state index contributed by atoms with van der Waals surface area (Å²) < 4.78 is 5.32. The molecule has 3 aliphatic rings. The Kier molecular flexibility index (Phi) is 2.62. The third-order valence-corrected chi connectivity index (χ3v) is 4.56. The summed E-state index contributed by atoms with van der Waals surface area (Å²) in [5.74, 6) is 4.03. The molecule has 2 unspecified atom stereocenters. The lowest BCUT2D eigenvalue weighted by Crippen LogP contribution is -2.39. The summed E-state index contributed by atoms with van der Waals surface area (Å²) in [5, 5.41) is 7.61. The minimum Gasteiger partial charge on any atom is -0.339 e. The van der Waals surface area contributed by atoms with Gasteiger partial charge in [0.2, 0.25) is 5.89 Å². The van der Waals surface area contributed by atoms with Crippen molar-refractivity contribution in [2.45, 2.75) is 31.7 Å². The molecule has 0 aromatic carbocycles. The number of rotatable bonds is 3. The highest BCUT2D eigenvalue weighted by atomic mass is 16.5. The monoisotopic (exact) mass is 248 g/mol. The van der Waals surface area contributed by atoms with E-state index in [0.29, 0.717) is 5.92 Å². The van der Waals surface area contributed by atoms with Crippen molar-refractivity contribution >= 4 is 0 Å². The maximum Gasteiger partial charge on any atom is 0.229 e. The van der Waals surface area contributed by atoms with Crippen molar-refractivity contribution in [1.82, 2.24) is 20.4 Å². The molecule has 0 bridgehead atoms. The second kappa shape index (κ2) is 4.31. The standard InChI is InChI=1S/C13H20N4O/c1-2-9(1)13-15-12(16-18-13)8-17-4-3-10-5-14-6-11(10)7-17/h9-11,14H,1-8H2. The molecule has 0 spiro atoms. The largest absolute Gasteiger partial charge is 0.339 e. The van der Waals surface area contributed by atoms with Crippen molar-refractivity contribution in [1.29, 1.82) is 0 Å². The number of piperidine rings is 1. The van der Waals surface area contributed by atoms with Crippen LogP contribution >= 0.6 is 0 Å². The summed E-state index contributed by atoms with van der Waals surface area (Å²) in [6, 6.07) is 0. The van der Waals surface area contributed by atoms with Gasteiger partial charge in [-0.2, -0.15) is 4.98 Å². The van der Waals surface area contributed by atoms with Gasteiger partial charge in [0.25, 0.3) is 0 Å². The van der Waals surface area contributed by atoms with E-state index in [9.17, 15) is 0 Å². The van der Waals surface area contributed by atoms with E-state index in [1.807, 2.05) is 0 Å². The van der Waals surface area contributed by atoms with E-state index in [-0.39, 0.29) is 0 Å². The fourth-order valence-corrected chi connectivity index (χ4v) is 3.28. The van der Waals surface area contributed by atoms with Gasteiger partial charge in [-0.15, -0.1) is 0 Å². The molecule has 18 heavy (non-hydrogen) atoms. The molecule has 2 atom stereocenters. The summed E-state index contributed by atoms with van der Waals surface area (Å²) in [6.45, 7) is 5.62. The summed E-state index contributed by atoms with van der Waals surface area (Å²) in [5.41, 5.74) is 0. The van der Waals surface area contributed by atoms with E-state index >= 15 is 0 Å². The van der Waals surface area contributed by atoms with Crippen LogP contribution in [0.15, 0.2) is 4.52 Å². The van der Waals surface area contributed by atoms with Gasteiger partial charge in [-0.25, -0.2) is 0 Å². The van der Waals surface area contributed by atoms with Crippen molar-refractivity contribution in [2.75, 3.05) is 26.2 Å². The molecule has 0 radical (unpaired) electrons. The predicted molar refractivity (Wildman–Crippen MR) is 66.0 cm³/mol. The van der Waals surface area contributed by atoms with Crippen LogP contribution in [0.5, 0.6) is 0 Å². The number of hydrogen-bond acceptors (Lipinski definition) is 5. The predicted octanol–water partition coefficient (Wildman–Crippen LogP) is 0.988. The van der Waals surface area contributed by atoms with Gasteiger partial charge in [-0.05, 0) is 50.7 Å². The summed E-state index contributed by atoms with van der Waals surface area (Å²) in [7, 11) is 0. The topological polar surface area (TPSA) is 54.2 Å². The highest BCUT2D eigenvalue weighted by molar-refractivity contribution is 5.02. The molecule has 1 saturated carbocycles. The van der Waals surface area contributed by atoms with Crippen LogP contribution in [0.25, 0.3) is 0 Å². The second-order valence-corrected chi connectivity index (χ2v) is 6.03. The molecule has 5 heteroatoms. The maximum absolute atomic E-state index is 5.32. The Bertz CT molecular complexity index is 428. The Labute approximate surface area is 107 Å². The van der Waals surface area contributed by atoms with Gasteiger partial charge in [-0.1, -0.05) is 5.16 Å². The lowest BCUT2D eigenvalue weighted by molar-refractivity contribution is 0.138. The minimum absolute atomic E-state index is 0.566. The molecule has 3 fully saturated rings. The van der Waals surface area contributed by atoms with Gasteiger partial charge in [0, 0.05) is 12.5 Å². The first kappa shape index (κ1) is 10.9. The Hall–Kier alpha value is -0.940. The zero-order chi connectivity index (χ0) is 11.9. The highest BCUT2D eigenvalue weighted by Crippen LogP contribution is 2.39. The fraction of sp³-hybridized carbons (Fsp3) is 0.846. The molecule has 1 aromatic rings. The Morgan fingerprint density at radius 1 is 1.22 bits per heavy atom. The summed E-state index contributed by atoms with van der Waals surface area (Å²) in [4.78, 5) is 7.00. The average Bonchev–Trinajstić information content (AvgIpc) is 2.95. The lowest BCUT2D eigenvalue weighted by Gasteiger charge is -2.33.